The van der Waals surface area contributed by atoms with Gasteiger partial charge in [-0.3, -0.25) is 4.90 Å². The van der Waals surface area contributed by atoms with Gasteiger partial charge in [-0.2, -0.15) is 15.2 Å². The average molecular weight is 584 g/mol. The van der Waals surface area contributed by atoms with E-state index in [1.54, 1.807) is 0 Å². The van der Waals surface area contributed by atoms with E-state index in [0.717, 1.165) is 78.6 Å². The molecule has 8 nitrogen and oxygen atoms in total. The fourth-order valence-corrected chi connectivity index (χ4v) is 6.87. The highest BCUT2D eigenvalue weighted by atomic mass is 35.5. The number of likely N-dealkylation sites (N-methyl/N-ethyl adjacent to an activating group) is 1. The van der Waals surface area contributed by atoms with Gasteiger partial charge < -0.3 is 19.4 Å². The van der Waals surface area contributed by atoms with Gasteiger partial charge in [0.2, 0.25) is 0 Å². The normalized spacial score (nSPS) is 21.1. The van der Waals surface area contributed by atoms with Gasteiger partial charge in [0.05, 0.1) is 36.3 Å². The van der Waals surface area contributed by atoms with E-state index in [9.17, 15) is 5.26 Å². The number of anilines is 2. The molecule has 3 aliphatic rings. The number of nitrogens with zero attached hydrogens (tertiary/aromatic N) is 7. The molecule has 2 fully saturated rings. The zero-order chi connectivity index (χ0) is 29.1. The summed E-state index contributed by atoms with van der Waals surface area (Å²) in [6, 6.07) is 15.7. The van der Waals surface area contributed by atoms with Gasteiger partial charge >= 0.3 is 6.01 Å². The highest BCUT2D eigenvalue weighted by molar-refractivity contribution is 6.36. The quantitative estimate of drug-likeness (QED) is 0.369. The van der Waals surface area contributed by atoms with Crippen molar-refractivity contribution in [1.29, 1.82) is 5.26 Å². The van der Waals surface area contributed by atoms with Crippen molar-refractivity contribution in [3.8, 4) is 23.9 Å². The van der Waals surface area contributed by atoms with Crippen LogP contribution >= 0.6 is 11.6 Å². The number of ether oxygens (including phenoxy) is 1. The van der Waals surface area contributed by atoms with Crippen LogP contribution in [0.15, 0.2) is 36.4 Å². The molecule has 6 rings (SSSR count). The number of benzene rings is 2. The van der Waals surface area contributed by atoms with E-state index < -0.39 is 0 Å². The highest BCUT2D eigenvalue weighted by Crippen LogP contribution is 2.37. The van der Waals surface area contributed by atoms with Crippen LogP contribution < -0.4 is 14.5 Å². The van der Waals surface area contributed by atoms with Crippen LogP contribution in [0.4, 0.5) is 11.5 Å². The van der Waals surface area contributed by atoms with E-state index in [2.05, 4.69) is 68.8 Å². The summed E-state index contributed by atoms with van der Waals surface area (Å²) in [5.41, 5.74) is 3.31. The van der Waals surface area contributed by atoms with Crippen LogP contribution in [0.25, 0.3) is 10.8 Å². The second-order valence-corrected chi connectivity index (χ2v) is 11.9. The Labute approximate surface area is 253 Å². The van der Waals surface area contributed by atoms with E-state index >= 15 is 0 Å². The molecule has 3 aromatic rings. The maximum absolute atomic E-state index is 9.59. The first-order valence-corrected chi connectivity index (χ1v) is 15.3. The third kappa shape index (κ3) is 5.85. The van der Waals surface area contributed by atoms with Gasteiger partial charge in [-0.25, -0.2) is 0 Å². The summed E-state index contributed by atoms with van der Waals surface area (Å²) in [4.78, 5) is 19.5. The smallest absolute Gasteiger partial charge is 0.318 e. The Morgan fingerprint density at radius 3 is 2.69 bits per heavy atom. The first kappa shape index (κ1) is 28.6. The lowest BCUT2D eigenvalue weighted by Crippen LogP contribution is -2.53. The van der Waals surface area contributed by atoms with Gasteiger partial charge in [0, 0.05) is 54.9 Å². The number of piperazine rings is 1. The van der Waals surface area contributed by atoms with Crippen LogP contribution in [0, 0.1) is 23.2 Å². The van der Waals surface area contributed by atoms with Crippen LogP contribution in [-0.4, -0.2) is 84.8 Å². The third-order valence-corrected chi connectivity index (χ3v) is 9.28. The van der Waals surface area contributed by atoms with Crippen molar-refractivity contribution in [2.75, 3.05) is 62.7 Å². The van der Waals surface area contributed by atoms with E-state index in [1.165, 1.54) is 12.0 Å². The number of fused-ring (bicyclic) bond motifs is 2. The third-order valence-electron chi connectivity index (χ3n) is 8.96. The minimum absolute atomic E-state index is 0.102. The maximum atomic E-state index is 9.59. The molecule has 0 radical (unpaired) electrons. The number of rotatable bonds is 7. The lowest BCUT2D eigenvalue weighted by atomic mass is 10.0. The monoisotopic (exact) mass is 583 g/mol. The molecular formula is C33H38ClN7O. The number of hydrogen-bond donors (Lipinski definition) is 0. The largest absolute Gasteiger partial charge is 0.462 e. The van der Waals surface area contributed by atoms with Crippen molar-refractivity contribution in [3.05, 3.63) is 52.7 Å². The maximum Gasteiger partial charge on any atom is 0.318 e. The van der Waals surface area contributed by atoms with Crippen LogP contribution in [0.5, 0.6) is 6.01 Å². The summed E-state index contributed by atoms with van der Waals surface area (Å²) < 4.78 is 6.33. The number of aromatic nitrogens is 2. The number of hydrogen-bond acceptors (Lipinski definition) is 8. The van der Waals surface area contributed by atoms with Crippen molar-refractivity contribution >= 4 is 33.9 Å². The standard InChI is InChI=1S/C33H38ClN7O/c1-3-4-17-39-19-20-41(21-25(39)13-15-35)32-27-14-18-40(30-12-6-9-24-8-5-11-28(34)31(24)30)22-29(27)36-33(37-32)42-23-26-10-7-16-38(26)2/h5-6,8-9,11-12,25-26H,7,10,13-14,16-23H2,1-2H3. The van der Waals surface area contributed by atoms with Crippen molar-refractivity contribution in [2.24, 2.45) is 0 Å². The number of nitriles is 1. The second-order valence-electron chi connectivity index (χ2n) is 11.5. The Bertz CT molecular complexity index is 1540. The molecule has 2 saturated heterocycles. The minimum Gasteiger partial charge on any atom is -0.462 e. The zero-order valence-corrected chi connectivity index (χ0v) is 25.3. The Morgan fingerprint density at radius 2 is 1.90 bits per heavy atom. The predicted octanol–water partition coefficient (Wildman–Crippen LogP) is 4.75. The van der Waals surface area contributed by atoms with E-state index in [0.29, 0.717) is 38.2 Å². The summed E-state index contributed by atoms with van der Waals surface area (Å²) in [5, 5.41) is 12.6. The Hall–Kier alpha value is -3.56. The van der Waals surface area contributed by atoms with Crippen LogP contribution in [0.1, 0.15) is 37.4 Å². The lowest BCUT2D eigenvalue weighted by molar-refractivity contribution is 0.186. The molecule has 0 saturated carbocycles. The zero-order valence-electron chi connectivity index (χ0n) is 24.5. The first-order chi connectivity index (χ1) is 20.6. The Balaban J connectivity index is 1.33. The Morgan fingerprint density at radius 1 is 1.05 bits per heavy atom. The topological polar surface area (TPSA) is 71.8 Å². The minimum atomic E-state index is 0.102. The molecule has 2 aromatic carbocycles. The predicted molar refractivity (Wildman–Crippen MR) is 168 cm³/mol. The van der Waals surface area contributed by atoms with Gasteiger partial charge in [-0.1, -0.05) is 41.8 Å². The average Bonchev–Trinajstić information content (AvgIpc) is 3.43. The Kier molecular flexibility index (Phi) is 8.67. The van der Waals surface area contributed by atoms with E-state index in [1.807, 2.05) is 19.1 Å². The highest BCUT2D eigenvalue weighted by Gasteiger charge is 2.32. The molecular weight excluding hydrogens is 546 g/mol. The van der Waals surface area contributed by atoms with Crippen molar-refractivity contribution in [2.45, 2.75) is 51.2 Å². The van der Waals surface area contributed by atoms with Crippen molar-refractivity contribution < 1.29 is 4.74 Å². The molecule has 3 aliphatic heterocycles. The van der Waals surface area contributed by atoms with Crippen molar-refractivity contribution in [1.82, 2.24) is 19.8 Å². The summed E-state index contributed by atoms with van der Waals surface area (Å²) in [5.74, 6) is 7.14. The number of likely N-dealkylation sites (tertiary alicyclic amines) is 1. The fourth-order valence-electron chi connectivity index (χ4n) is 6.59. The van der Waals surface area contributed by atoms with Gasteiger partial charge in [0.15, 0.2) is 0 Å². The summed E-state index contributed by atoms with van der Waals surface area (Å²) in [7, 11) is 2.16. The molecule has 0 N–H and O–H groups in total. The second kappa shape index (κ2) is 12.8. The molecule has 218 valence electrons. The molecule has 0 spiro atoms. The molecule has 4 heterocycles. The van der Waals surface area contributed by atoms with Gasteiger partial charge in [-0.15, -0.1) is 5.92 Å². The van der Waals surface area contributed by atoms with Gasteiger partial charge in [-0.05, 0) is 57.3 Å². The van der Waals surface area contributed by atoms with Gasteiger partial charge in [0.1, 0.15) is 12.4 Å². The SMILES string of the molecule is CC#CCN1CCN(c2nc(OCC3CCCN3C)nc3c2CCN(c2cccc4cccc(Cl)c24)C3)CC1CC#N. The lowest BCUT2D eigenvalue weighted by Gasteiger charge is -2.42. The fraction of sp³-hybridized carbons (Fsp3) is 0.485. The summed E-state index contributed by atoms with van der Waals surface area (Å²) >= 11 is 6.71. The van der Waals surface area contributed by atoms with Crippen LogP contribution in [0.2, 0.25) is 5.02 Å². The number of halogens is 1. The molecule has 42 heavy (non-hydrogen) atoms. The molecule has 1 aromatic heterocycles. The van der Waals surface area contributed by atoms with Crippen molar-refractivity contribution in [3.63, 3.8) is 0 Å². The molecule has 0 aliphatic carbocycles. The molecule has 2 unspecified atom stereocenters. The molecule has 2 atom stereocenters. The molecule has 0 bridgehead atoms. The molecule has 9 heteroatoms. The van der Waals surface area contributed by atoms with Gasteiger partial charge in [0.25, 0.3) is 0 Å². The summed E-state index contributed by atoms with van der Waals surface area (Å²) in [6.45, 7) is 8.12. The van der Waals surface area contributed by atoms with Crippen LogP contribution in [-0.2, 0) is 13.0 Å². The van der Waals surface area contributed by atoms with E-state index in [-0.39, 0.29) is 6.04 Å². The summed E-state index contributed by atoms with van der Waals surface area (Å²) in [6.07, 6.45) is 3.60. The van der Waals surface area contributed by atoms with Crippen LogP contribution in [0.3, 0.4) is 0 Å². The van der Waals surface area contributed by atoms with E-state index in [4.69, 9.17) is 26.3 Å². The first-order valence-electron chi connectivity index (χ1n) is 15.0. The molecule has 0 amide bonds.